The molecule has 2 fully saturated rings. The Morgan fingerprint density at radius 1 is 1.00 bits per heavy atom. The summed E-state index contributed by atoms with van der Waals surface area (Å²) in [6.45, 7) is 4.55. The number of benzene rings is 1. The molecule has 1 atom stereocenters. The fourth-order valence-electron chi connectivity index (χ4n) is 5.72. The summed E-state index contributed by atoms with van der Waals surface area (Å²) in [5, 5.41) is 10.7. The normalized spacial score (nSPS) is 22.8. The topological polar surface area (TPSA) is 44.5 Å². The Morgan fingerprint density at radius 3 is 2.48 bits per heavy atom. The van der Waals surface area contributed by atoms with Gasteiger partial charge in [-0.25, -0.2) is 4.98 Å². The first-order valence-electron chi connectivity index (χ1n) is 11.4. The molecule has 3 aliphatic rings. The summed E-state index contributed by atoms with van der Waals surface area (Å²) in [4.78, 5) is 9.62. The molecule has 0 bridgehead atoms. The highest BCUT2D eigenvalue weighted by Crippen LogP contribution is 2.33. The molecule has 2 aromatic rings. The second-order valence-corrected chi connectivity index (χ2v) is 9.24. The molecule has 29 heavy (non-hydrogen) atoms. The molecule has 156 valence electrons. The van der Waals surface area contributed by atoms with Gasteiger partial charge >= 0.3 is 0 Å². The van der Waals surface area contributed by atoms with Crippen molar-refractivity contribution in [2.75, 3.05) is 31.1 Å². The van der Waals surface area contributed by atoms with E-state index >= 15 is 0 Å². The minimum absolute atomic E-state index is 0.332. The highest BCUT2D eigenvalue weighted by Gasteiger charge is 2.32. The Kier molecular flexibility index (Phi) is 5.35. The third kappa shape index (κ3) is 3.82. The van der Waals surface area contributed by atoms with Gasteiger partial charge < -0.3 is 19.5 Å². The van der Waals surface area contributed by atoms with Crippen LogP contribution in [0.2, 0.25) is 0 Å². The van der Waals surface area contributed by atoms with Crippen molar-refractivity contribution in [2.45, 2.75) is 57.1 Å². The number of aliphatic hydroxyl groups excluding tert-OH is 1. The van der Waals surface area contributed by atoms with Gasteiger partial charge in [0.2, 0.25) is 0 Å². The van der Waals surface area contributed by atoms with Crippen LogP contribution < -0.4 is 4.90 Å². The first-order chi connectivity index (χ1) is 14.2. The minimum Gasteiger partial charge on any atom is -0.385 e. The molecule has 2 saturated heterocycles. The maximum atomic E-state index is 10.7. The lowest BCUT2D eigenvalue weighted by atomic mass is 9.89. The van der Waals surface area contributed by atoms with Crippen LogP contribution in [0.25, 0.3) is 0 Å². The zero-order valence-electron chi connectivity index (χ0n) is 17.6. The quantitative estimate of drug-likeness (QED) is 0.864. The van der Waals surface area contributed by atoms with Gasteiger partial charge in [0.15, 0.2) is 0 Å². The molecule has 0 saturated carbocycles. The lowest BCUT2D eigenvalue weighted by Gasteiger charge is -2.43. The second-order valence-electron chi connectivity index (χ2n) is 9.24. The third-order valence-electron chi connectivity index (χ3n) is 7.57. The Labute approximate surface area is 174 Å². The average molecular weight is 395 g/mol. The Bertz CT molecular complexity index is 831. The molecular weight excluding hydrogens is 360 g/mol. The van der Waals surface area contributed by atoms with Crippen molar-refractivity contribution in [1.29, 1.82) is 0 Å². The van der Waals surface area contributed by atoms with Gasteiger partial charge in [-0.1, -0.05) is 6.07 Å². The van der Waals surface area contributed by atoms with Crippen molar-refractivity contribution < 1.29 is 5.11 Å². The van der Waals surface area contributed by atoms with E-state index < -0.39 is 6.10 Å². The average Bonchev–Trinajstić information content (AvgIpc) is 3.41. The van der Waals surface area contributed by atoms with Crippen LogP contribution in [0.5, 0.6) is 0 Å². The van der Waals surface area contributed by atoms with Crippen molar-refractivity contribution >= 4 is 5.69 Å². The fraction of sp³-hybridized carbons (Fsp3) is 0.625. The van der Waals surface area contributed by atoms with Crippen LogP contribution >= 0.6 is 0 Å². The molecule has 0 spiro atoms. The van der Waals surface area contributed by atoms with Crippen molar-refractivity contribution in [2.24, 2.45) is 13.0 Å². The first kappa shape index (κ1) is 19.1. The highest BCUT2D eigenvalue weighted by molar-refractivity contribution is 5.52. The molecule has 2 aliphatic heterocycles. The molecule has 5 nitrogen and oxygen atoms in total. The van der Waals surface area contributed by atoms with Gasteiger partial charge in [0, 0.05) is 44.3 Å². The van der Waals surface area contributed by atoms with Crippen molar-refractivity contribution in [3.63, 3.8) is 0 Å². The predicted molar refractivity (Wildman–Crippen MR) is 116 cm³/mol. The molecule has 1 aromatic heterocycles. The summed E-state index contributed by atoms with van der Waals surface area (Å²) in [7, 11) is 1.97. The van der Waals surface area contributed by atoms with E-state index in [2.05, 4.69) is 33.0 Å². The molecule has 1 unspecified atom stereocenters. The Morgan fingerprint density at radius 2 is 1.76 bits per heavy atom. The van der Waals surface area contributed by atoms with Gasteiger partial charge in [0.05, 0.1) is 0 Å². The molecular formula is C24H34N4O. The van der Waals surface area contributed by atoms with Gasteiger partial charge in [-0.05, 0) is 87.2 Å². The van der Waals surface area contributed by atoms with E-state index in [4.69, 9.17) is 0 Å². The van der Waals surface area contributed by atoms with E-state index in [9.17, 15) is 5.11 Å². The molecule has 3 heterocycles. The number of aryl methyl sites for hydroxylation is 3. The fourth-order valence-corrected chi connectivity index (χ4v) is 5.72. The summed E-state index contributed by atoms with van der Waals surface area (Å²) in [5.74, 6) is 1.14. The third-order valence-corrected chi connectivity index (χ3v) is 7.57. The van der Waals surface area contributed by atoms with E-state index in [1.54, 1.807) is 17.3 Å². The van der Waals surface area contributed by atoms with E-state index in [0.29, 0.717) is 12.0 Å². The molecule has 1 aliphatic carbocycles. The lowest BCUT2D eigenvalue weighted by molar-refractivity contribution is 0.0345. The van der Waals surface area contributed by atoms with Crippen LogP contribution in [-0.4, -0.2) is 51.8 Å². The van der Waals surface area contributed by atoms with Crippen LogP contribution in [0.1, 0.15) is 55.2 Å². The number of rotatable bonds is 4. The Balaban J connectivity index is 1.13. The number of aliphatic hydroxyl groups is 1. The number of nitrogens with zero attached hydrogens (tertiary/aromatic N) is 4. The number of anilines is 1. The minimum atomic E-state index is -0.432. The van der Waals surface area contributed by atoms with Crippen molar-refractivity contribution in [1.82, 2.24) is 14.5 Å². The summed E-state index contributed by atoms with van der Waals surface area (Å²) in [6.07, 6.45) is 11.8. The summed E-state index contributed by atoms with van der Waals surface area (Å²) >= 11 is 0. The van der Waals surface area contributed by atoms with Gasteiger partial charge in [-0.2, -0.15) is 0 Å². The van der Waals surface area contributed by atoms with Gasteiger partial charge in [-0.3, -0.25) is 0 Å². The van der Waals surface area contributed by atoms with Gasteiger partial charge in [0.1, 0.15) is 11.9 Å². The van der Waals surface area contributed by atoms with Crippen LogP contribution in [0.3, 0.4) is 0 Å². The van der Waals surface area contributed by atoms with Crippen LogP contribution in [0, 0.1) is 5.92 Å². The number of piperidine rings is 2. The van der Waals surface area contributed by atoms with Crippen LogP contribution in [-0.2, 0) is 19.9 Å². The molecule has 0 radical (unpaired) electrons. The van der Waals surface area contributed by atoms with Gasteiger partial charge in [-0.15, -0.1) is 0 Å². The van der Waals surface area contributed by atoms with Crippen LogP contribution in [0.4, 0.5) is 5.69 Å². The van der Waals surface area contributed by atoms with Gasteiger partial charge in [0.25, 0.3) is 0 Å². The number of imidazole rings is 1. The summed E-state index contributed by atoms with van der Waals surface area (Å²) < 4.78 is 1.95. The highest BCUT2D eigenvalue weighted by atomic mass is 16.3. The number of likely N-dealkylation sites (tertiary alicyclic amines) is 1. The maximum absolute atomic E-state index is 10.7. The maximum Gasteiger partial charge on any atom is 0.137 e. The SMILES string of the molecule is Cn1ccnc1C(O)C1CCN(C2CCN(c3ccc4c(c3)CCC4)CC2)CC1. The van der Waals surface area contributed by atoms with Crippen molar-refractivity contribution in [3.8, 4) is 0 Å². The van der Waals surface area contributed by atoms with Crippen molar-refractivity contribution in [3.05, 3.63) is 47.5 Å². The molecule has 1 N–H and O–H groups in total. The van der Waals surface area contributed by atoms with E-state index in [0.717, 1.165) is 31.8 Å². The summed E-state index contributed by atoms with van der Waals surface area (Å²) in [5.41, 5.74) is 4.58. The second kappa shape index (κ2) is 8.11. The molecule has 5 heteroatoms. The van der Waals surface area contributed by atoms with E-state index in [1.165, 1.54) is 50.9 Å². The smallest absolute Gasteiger partial charge is 0.137 e. The number of fused-ring (bicyclic) bond motifs is 1. The predicted octanol–water partition coefficient (Wildman–Crippen LogP) is 3.32. The number of hydrogen-bond acceptors (Lipinski definition) is 4. The number of hydrogen-bond donors (Lipinski definition) is 1. The first-order valence-corrected chi connectivity index (χ1v) is 11.4. The van der Waals surface area contributed by atoms with E-state index in [-0.39, 0.29) is 0 Å². The zero-order chi connectivity index (χ0) is 19.8. The lowest BCUT2D eigenvalue weighted by Crippen LogP contribution is -2.48. The Hall–Kier alpha value is -1.85. The molecule has 1 aromatic carbocycles. The molecule has 0 amide bonds. The molecule has 5 rings (SSSR count). The zero-order valence-corrected chi connectivity index (χ0v) is 17.6. The standard InChI is InChI=1S/C24H34N4O/c1-26-16-11-25-24(26)23(29)19-7-12-27(13-8-19)21-9-14-28(15-10-21)22-6-5-18-3-2-4-20(18)17-22/h5-6,11,16-17,19,21,23,29H,2-4,7-10,12-15H2,1H3. The van der Waals surface area contributed by atoms with Crippen LogP contribution in [0.15, 0.2) is 30.6 Å². The summed E-state index contributed by atoms with van der Waals surface area (Å²) in [6, 6.07) is 7.86. The largest absolute Gasteiger partial charge is 0.385 e. The number of aromatic nitrogens is 2. The monoisotopic (exact) mass is 394 g/mol. The van der Waals surface area contributed by atoms with E-state index in [1.807, 2.05) is 17.8 Å².